The first-order valence-corrected chi connectivity index (χ1v) is 11.2. The molecule has 0 aromatic heterocycles. The van der Waals surface area contributed by atoms with Crippen LogP contribution in [-0.2, 0) is 4.79 Å². The highest BCUT2D eigenvalue weighted by molar-refractivity contribution is 6.08. The van der Waals surface area contributed by atoms with Crippen LogP contribution in [-0.4, -0.2) is 59.2 Å². The monoisotopic (exact) mass is 476 g/mol. The lowest BCUT2D eigenvalue weighted by molar-refractivity contribution is -0.116. The molecule has 0 aliphatic carbocycles. The summed E-state index contributed by atoms with van der Waals surface area (Å²) in [5, 5.41) is 38.8. The molecule has 1 aliphatic heterocycles. The van der Waals surface area contributed by atoms with E-state index in [1.54, 1.807) is 12.1 Å². The van der Waals surface area contributed by atoms with Gasteiger partial charge in [-0.3, -0.25) is 4.79 Å². The Balaban J connectivity index is 2.06. The van der Waals surface area contributed by atoms with Gasteiger partial charge in [0, 0.05) is 30.6 Å². The molecule has 2 atom stereocenters. The number of aliphatic hydroxyl groups excluding tert-OH is 3. The Bertz CT molecular complexity index is 1100. The van der Waals surface area contributed by atoms with Crippen molar-refractivity contribution in [2.75, 3.05) is 24.6 Å². The third-order valence-corrected chi connectivity index (χ3v) is 6.07. The van der Waals surface area contributed by atoms with Crippen LogP contribution in [0.4, 0.5) is 18.9 Å². The number of halogens is 3. The minimum Gasteiger partial charge on any atom is -0.394 e. The number of hydrogen-bond donors (Lipinski definition) is 3. The second-order valence-corrected chi connectivity index (χ2v) is 8.40. The number of rotatable bonds is 8. The van der Waals surface area contributed by atoms with Crippen LogP contribution in [0.2, 0.25) is 0 Å². The predicted octanol–water partition coefficient (Wildman–Crippen LogP) is 3.73. The number of nitrogens with zero attached hydrogens (tertiary/aromatic N) is 2. The van der Waals surface area contributed by atoms with E-state index in [2.05, 4.69) is 4.90 Å². The van der Waals surface area contributed by atoms with Crippen molar-refractivity contribution in [1.82, 2.24) is 0 Å². The van der Waals surface area contributed by atoms with E-state index in [0.717, 1.165) is 43.4 Å². The Kier molecular flexibility index (Phi) is 8.31. The highest BCUT2D eigenvalue weighted by Crippen LogP contribution is 2.39. The molecule has 0 saturated carbocycles. The maximum Gasteiger partial charge on any atom is 0.418 e. The van der Waals surface area contributed by atoms with Crippen LogP contribution in [0.15, 0.2) is 42.0 Å². The summed E-state index contributed by atoms with van der Waals surface area (Å²) in [4.78, 5) is 14.7. The Morgan fingerprint density at radius 3 is 2.41 bits per heavy atom. The maximum absolute atomic E-state index is 14.1. The van der Waals surface area contributed by atoms with E-state index in [-0.39, 0.29) is 5.56 Å². The molecular weight excluding hydrogens is 449 g/mol. The van der Waals surface area contributed by atoms with E-state index in [0.29, 0.717) is 5.39 Å². The quantitative estimate of drug-likeness (QED) is 0.396. The highest BCUT2D eigenvalue weighted by atomic mass is 19.4. The van der Waals surface area contributed by atoms with E-state index < -0.39 is 54.8 Å². The number of piperidine rings is 1. The zero-order chi connectivity index (χ0) is 24.9. The summed E-state index contributed by atoms with van der Waals surface area (Å²) >= 11 is 0. The molecule has 3 N–H and O–H groups in total. The van der Waals surface area contributed by atoms with Crippen molar-refractivity contribution >= 4 is 27.8 Å². The zero-order valence-corrected chi connectivity index (χ0v) is 18.6. The van der Waals surface area contributed by atoms with Gasteiger partial charge in [0.2, 0.25) is 0 Å². The van der Waals surface area contributed by atoms with Crippen molar-refractivity contribution in [3.63, 3.8) is 0 Å². The van der Waals surface area contributed by atoms with Gasteiger partial charge in [-0.1, -0.05) is 24.3 Å². The summed E-state index contributed by atoms with van der Waals surface area (Å²) in [5.41, 5.74) is -1.85. The van der Waals surface area contributed by atoms with Crippen LogP contribution >= 0.6 is 0 Å². The van der Waals surface area contributed by atoms with Gasteiger partial charge < -0.3 is 20.2 Å². The van der Waals surface area contributed by atoms with E-state index in [9.17, 15) is 33.4 Å². The van der Waals surface area contributed by atoms with Crippen molar-refractivity contribution < 1.29 is 33.3 Å². The van der Waals surface area contributed by atoms with Crippen LogP contribution in [0.1, 0.15) is 37.7 Å². The second-order valence-electron chi connectivity index (χ2n) is 8.40. The molecule has 182 valence electrons. The molecule has 1 saturated heterocycles. The molecule has 1 heterocycles. The molecule has 6 nitrogen and oxygen atoms in total. The molecule has 2 aromatic rings. The van der Waals surface area contributed by atoms with Crippen molar-refractivity contribution in [3.8, 4) is 6.07 Å². The average molecular weight is 476 g/mol. The summed E-state index contributed by atoms with van der Waals surface area (Å²) in [7, 11) is 0. The fraction of sp³-hybridized carbons (Fsp3) is 0.440. The molecule has 0 amide bonds. The Morgan fingerprint density at radius 1 is 1.09 bits per heavy atom. The number of Topliss-reactive ketones (excluding diaryl/α,β-unsaturated/α-hetero) is 1. The van der Waals surface area contributed by atoms with Gasteiger partial charge in [0.15, 0.2) is 5.78 Å². The molecule has 1 fully saturated rings. The second kappa shape index (κ2) is 11.0. The summed E-state index contributed by atoms with van der Waals surface area (Å²) in [6.45, 7) is 0.838. The molecule has 0 spiro atoms. The first kappa shape index (κ1) is 25.7. The number of allylic oxidation sites excluding steroid dienone is 2. The molecule has 3 rings (SSSR count). The summed E-state index contributed by atoms with van der Waals surface area (Å²) in [5.74, 6) is -1.09. The van der Waals surface area contributed by atoms with Crippen LogP contribution in [0.25, 0.3) is 16.3 Å². The van der Waals surface area contributed by atoms with Gasteiger partial charge in [0.05, 0.1) is 18.3 Å². The van der Waals surface area contributed by atoms with Gasteiger partial charge in [-0.15, -0.1) is 0 Å². The number of ketones is 1. The number of aliphatic hydroxyl groups is 3. The number of carbonyl (C=O) groups is 1. The van der Waals surface area contributed by atoms with Crippen LogP contribution in [0.3, 0.4) is 0 Å². The predicted molar refractivity (Wildman–Crippen MR) is 122 cm³/mol. The number of benzene rings is 2. The van der Waals surface area contributed by atoms with Gasteiger partial charge in [-0.2, -0.15) is 18.4 Å². The lowest BCUT2D eigenvalue weighted by Gasteiger charge is -2.30. The summed E-state index contributed by atoms with van der Waals surface area (Å²) < 4.78 is 42.4. The summed E-state index contributed by atoms with van der Waals surface area (Å²) in [6, 6.07) is 11.1. The number of carbonyl (C=O) groups excluding carboxylic acids is 1. The molecule has 0 bridgehead atoms. The molecule has 2 unspecified atom stereocenters. The average Bonchev–Trinajstić information content (AvgIpc) is 2.84. The third-order valence-electron chi connectivity index (χ3n) is 6.07. The fourth-order valence-electron chi connectivity index (χ4n) is 4.25. The first-order valence-electron chi connectivity index (χ1n) is 11.2. The van der Waals surface area contributed by atoms with Gasteiger partial charge >= 0.3 is 6.18 Å². The smallest absolute Gasteiger partial charge is 0.394 e. The molecule has 34 heavy (non-hydrogen) atoms. The highest BCUT2D eigenvalue weighted by Gasteiger charge is 2.39. The van der Waals surface area contributed by atoms with E-state index in [4.69, 9.17) is 5.11 Å². The lowest BCUT2D eigenvalue weighted by Crippen LogP contribution is -2.30. The first-order chi connectivity index (χ1) is 16.2. The number of alkyl halides is 3. The van der Waals surface area contributed by atoms with Crippen LogP contribution in [0, 0.1) is 11.3 Å². The van der Waals surface area contributed by atoms with Gasteiger partial charge in [-0.05, 0) is 48.8 Å². The molecule has 2 aromatic carbocycles. The number of fused-ring (bicyclic) bond motifs is 1. The number of hydrogen-bond acceptors (Lipinski definition) is 6. The van der Waals surface area contributed by atoms with Crippen molar-refractivity contribution in [3.05, 3.63) is 47.5 Å². The topological polar surface area (TPSA) is 105 Å². The van der Waals surface area contributed by atoms with Crippen LogP contribution in [0.5, 0.6) is 0 Å². The van der Waals surface area contributed by atoms with Gasteiger partial charge in [-0.25, -0.2) is 0 Å². The van der Waals surface area contributed by atoms with E-state index >= 15 is 0 Å². The van der Waals surface area contributed by atoms with Crippen molar-refractivity contribution in [2.45, 2.75) is 50.5 Å². The summed E-state index contributed by atoms with van der Waals surface area (Å²) in [6.07, 6.45) is -5.90. The minimum atomic E-state index is -4.97. The van der Waals surface area contributed by atoms with Crippen LogP contribution < -0.4 is 4.90 Å². The molecule has 9 heteroatoms. The largest absolute Gasteiger partial charge is 0.418 e. The molecule has 1 aliphatic rings. The number of nitriles is 1. The number of anilines is 1. The molecular formula is C25H27F3N2O4. The van der Waals surface area contributed by atoms with Crippen molar-refractivity contribution in [2.24, 2.45) is 0 Å². The maximum atomic E-state index is 14.1. The van der Waals surface area contributed by atoms with Gasteiger partial charge in [0.25, 0.3) is 0 Å². The SMILES string of the molecule is N#C/C(C(=O)CCC(O)C(O)CO)=C(\c1ccc2cccc(N3CCCCC3)c2c1)C(F)(F)F. The Hall–Kier alpha value is -2.93. The normalized spacial score (nSPS) is 17.1. The third kappa shape index (κ3) is 5.76. The Morgan fingerprint density at radius 2 is 1.79 bits per heavy atom. The van der Waals surface area contributed by atoms with E-state index in [1.807, 2.05) is 12.1 Å². The van der Waals surface area contributed by atoms with Gasteiger partial charge in [0.1, 0.15) is 17.7 Å². The fourth-order valence-corrected chi connectivity index (χ4v) is 4.25. The minimum absolute atomic E-state index is 0.287. The molecule has 0 radical (unpaired) electrons. The lowest BCUT2D eigenvalue weighted by atomic mass is 9.92. The van der Waals surface area contributed by atoms with E-state index in [1.165, 1.54) is 18.2 Å². The van der Waals surface area contributed by atoms with Crippen molar-refractivity contribution in [1.29, 1.82) is 5.26 Å². The standard InChI is InChI=1S/C25H27F3N2O4/c26-25(27,28)24(19(14-29)21(32)9-10-22(33)23(34)15-31)17-8-7-16-5-4-6-20(18(16)13-17)30-11-2-1-3-12-30/h4-8,13,22-23,31,33-34H,1-3,9-12,15H2/b24-19-. The zero-order valence-electron chi connectivity index (χ0n) is 18.6. The Labute approximate surface area is 195 Å².